The van der Waals surface area contributed by atoms with Crippen molar-refractivity contribution in [2.45, 2.75) is 51.0 Å². The highest BCUT2D eigenvalue weighted by Crippen LogP contribution is 2.36. The highest BCUT2D eigenvalue weighted by molar-refractivity contribution is 5.98. The number of nitrogens with one attached hydrogen (secondary N) is 1. The van der Waals surface area contributed by atoms with E-state index in [1.807, 2.05) is 37.3 Å². The standard InChI is InChI=1S/C24H28N2O3/c1-16-6-5-7-20(26-16)13-18-12-19(15-25-24(18)27)17-10-11-22(28-2)23(14-17)29-21-8-3-4-9-21/h5-7,10-11,13-14,19,21H,3-4,8-9,12,15H2,1-2H3,(H,25,27). The monoisotopic (exact) mass is 392 g/mol. The summed E-state index contributed by atoms with van der Waals surface area (Å²) in [4.78, 5) is 16.9. The molecule has 1 unspecified atom stereocenters. The number of rotatable bonds is 5. The molecule has 2 aromatic rings. The zero-order valence-corrected chi connectivity index (χ0v) is 17.1. The molecular formula is C24H28N2O3. The summed E-state index contributed by atoms with van der Waals surface area (Å²) in [5.74, 6) is 1.75. The van der Waals surface area contributed by atoms with Gasteiger partial charge in [-0.1, -0.05) is 12.1 Å². The topological polar surface area (TPSA) is 60.5 Å². The van der Waals surface area contributed by atoms with Gasteiger partial charge in [0.2, 0.25) is 5.91 Å². The van der Waals surface area contributed by atoms with Crippen molar-refractivity contribution in [3.05, 3.63) is 58.9 Å². The SMILES string of the molecule is COc1ccc(C2CNC(=O)C(=Cc3cccc(C)n3)C2)cc1OC1CCCC1. The zero-order chi connectivity index (χ0) is 20.2. The van der Waals surface area contributed by atoms with Gasteiger partial charge in [-0.25, -0.2) is 0 Å². The van der Waals surface area contributed by atoms with E-state index in [4.69, 9.17) is 9.47 Å². The van der Waals surface area contributed by atoms with Gasteiger partial charge in [0.1, 0.15) is 0 Å². The van der Waals surface area contributed by atoms with E-state index in [2.05, 4.69) is 22.4 Å². The molecule has 152 valence electrons. The third-order valence-corrected chi connectivity index (χ3v) is 5.75. The molecule has 0 spiro atoms. The van der Waals surface area contributed by atoms with E-state index in [0.717, 1.165) is 46.9 Å². The van der Waals surface area contributed by atoms with Crippen LogP contribution in [0.25, 0.3) is 6.08 Å². The summed E-state index contributed by atoms with van der Waals surface area (Å²) in [5, 5.41) is 3.03. The van der Waals surface area contributed by atoms with Gasteiger partial charge in [-0.05, 0) is 74.9 Å². The van der Waals surface area contributed by atoms with Gasteiger partial charge < -0.3 is 14.8 Å². The van der Waals surface area contributed by atoms with E-state index in [1.165, 1.54) is 12.8 Å². The number of carbonyl (C=O) groups is 1. The molecule has 1 atom stereocenters. The molecule has 0 bridgehead atoms. The first-order chi connectivity index (χ1) is 14.1. The van der Waals surface area contributed by atoms with Crippen LogP contribution in [-0.4, -0.2) is 30.6 Å². The minimum atomic E-state index is -0.0134. The average Bonchev–Trinajstić information content (AvgIpc) is 3.23. The highest BCUT2D eigenvalue weighted by Gasteiger charge is 2.26. The lowest BCUT2D eigenvalue weighted by molar-refractivity contribution is -0.118. The number of aryl methyl sites for hydroxylation is 1. The van der Waals surface area contributed by atoms with Crippen LogP contribution in [0.2, 0.25) is 0 Å². The molecular weight excluding hydrogens is 364 g/mol. The maximum absolute atomic E-state index is 12.4. The number of carbonyl (C=O) groups excluding carboxylic acids is 1. The highest BCUT2D eigenvalue weighted by atomic mass is 16.5. The minimum absolute atomic E-state index is 0.0134. The Morgan fingerprint density at radius 1 is 1.14 bits per heavy atom. The number of piperidine rings is 1. The summed E-state index contributed by atoms with van der Waals surface area (Å²) in [6.45, 7) is 2.57. The molecule has 1 N–H and O–H groups in total. The van der Waals surface area contributed by atoms with Gasteiger partial charge in [0.25, 0.3) is 0 Å². The first-order valence-corrected chi connectivity index (χ1v) is 10.4. The Morgan fingerprint density at radius 3 is 2.72 bits per heavy atom. The first kappa shape index (κ1) is 19.5. The molecule has 1 aromatic carbocycles. The number of aromatic nitrogens is 1. The van der Waals surface area contributed by atoms with Gasteiger partial charge in [0, 0.05) is 23.7 Å². The Kier molecular flexibility index (Phi) is 5.84. The van der Waals surface area contributed by atoms with Crippen molar-refractivity contribution < 1.29 is 14.3 Å². The van der Waals surface area contributed by atoms with Crippen LogP contribution < -0.4 is 14.8 Å². The fourth-order valence-corrected chi connectivity index (χ4v) is 4.17. The van der Waals surface area contributed by atoms with Gasteiger partial charge in [-0.15, -0.1) is 0 Å². The second-order valence-corrected chi connectivity index (χ2v) is 7.92. The second-order valence-electron chi connectivity index (χ2n) is 7.92. The lowest BCUT2D eigenvalue weighted by atomic mass is 9.88. The van der Waals surface area contributed by atoms with Crippen LogP contribution in [0.3, 0.4) is 0 Å². The van der Waals surface area contributed by atoms with Gasteiger partial charge >= 0.3 is 0 Å². The van der Waals surface area contributed by atoms with Crippen molar-refractivity contribution in [2.24, 2.45) is 0 Å². The van der Waals surface area contributed by atoms with E-state index < -0.39 is 0 Å². The minimum Gasteiger partial charge on any atom is -0.493 e. The summed E-state index contributed by atoms with van der Waals surface area (Å²) in [6.07, 6.45) is 7.50. The third kappa shape index (κ3) is 4.61. The van der Waals surface area contributed by atoms with Crippen LogP contribution in [-0.2, 0) is 4.79 Å². The molecule has 29 heavy (non-hydrogen) atoms. The number of hydrogen-bond acceptors (Lipinski definition) is 4. The fraction of sp³-hybridized carbons (Fsp3) is 0.417. The molecule has 1 aromatic heterocycles. The Balaban J connectivity index is 1.56. The van der Waals surface area contributed by atoms with Crippen molar-refractivity contribution in [3.63, 3.8) is 0 Å². The second kappa shape index (κ2) is 8.68. The Bertz CT molecular complexity index is 916. The molecule has 2 aliphatic rings. The smallest absolute Gasteiger partial charge is 0.247 e. The number of hydrogen-bond donors (Lipinski definition) is 1. The predicted octanol–water partition coefficient (Wildman–Crippen LogP) is 4.41. The number of ether oxygens (including phenoxy) is 2. The van der Waals surface area contributed by atoms with Crippen LogP contribution in [0.5, 0.6) is 11.5 Å². The van der Waals surface area contributed by atoms with Gasteiger partial charge in [-0.2, -0.15) is 0 Å². The van der Waals surface area contributed by atoms with Crippen LogP contribution in [0, 0.1) is 6.92 Å². The lowest BCUT2D eigenvalue weighted by Gasteiger charge is -2.26. The zero-order valence-electron chi connectivity index (χ0n) is 17.1. The van der Waals surface area contributed by atoms with Crippen molar-refractivity contribution in [2.75, 3.05) is 13.7 Å². The molecule has 0 radical (unpaired) electrons. The van der Waals surface area contributed by atoms with Crippen molar-refractivity contribution in [1.82, 2.24) is 10.3 Å². The van der Waals surface area contributed by atoms with Crippen molar-refractivity contribution >= 4 is 12.0 Å². The first-order valence-electron chi connectivity index (χ1n) is 10.4. The molecule has 4 rings (SSSR count). The number of nitrogens with zero attached hydrogens (tertiary/aromatic N) is 1. The van der Waals surface area contributed by atoms with E-state index >= 15 is 0 Å². The molecule has 1 aliphatic carbocycles. The summed E-state index contributed by atoms with van der Waals surface area (Å²) in [5.41, 5.74) is 3.67. The van der Waals surface area contributed by atoms with E-state index in [9.17, 15) is 4.79 Å². The quantitative estimate of drug-likeness (QED) is 0.766. The van der Waals surface area contributed by atoms with Gasteiger partial charge in [0.05, 0.1) is 18.9 Å². The molecule has 1 amide bonds. The summed E-state index contributed by atoms with van der Waals surface area (Å²) >= 11 is 0. The van der Waals surface area contributed by atoms with Crippen LogP contribution in [0.4, 0.5) is 0 Å². The third-order valence-electron chi connectivity index (χ3n) is 5.75. The Hall–Kier alpha value is -2.82. The van der Waals surface area contributed by atoms with Crippen molar-refractivity contribution in [1.29, 1.82) is 0 Å². The number of amides is 1. The van der Waals surface area contributed by atoms with E-state index in [-0.39, 0.29) is 17.9 Å². The van der Waals surface area contributed by atoms with E-state index in [0.29, 0.717) is 13.0 Å². The van der Waals surface area contributed by atoms with Gasteiger partial charge in [0.15, 0.2) is 11.5 Å². The van der Waals surface area contributed by atoms with Crippen LogP contribution in [0.15, 0.2) is 42.0 Å². The summed E-state index contributed by atoms with van der Waals surface area (Å²) < 4.78 is 11.8. The normalized spacial score (nSPS) is 21.2. The molecule has 1 aliphatic heterocycles. The van der Waals surface area contributed by atoms with Gasteiger partial charge in [-0.3, -0.25) is 9.78 Å². The predicted molar refractivity (Wildman–Crippen MR) is 113 cm³/mol. The molecule has 5 nitrogen and oxygen atoms in total. The Labute approximate surface area is 172 Å². The molecule has 2 heterocycles. The molecule has 2 fully saturated rings. The summed E-state index contributed by atoms with van der Waals surface area (Å²) in [6, 6.07) is 12.0. The molecule has 5 heteroatoms. The number of methoxy groups -OCH3 is 1. The largest absolute Gasteiger partial charge is 0.493 e. The number of benzene rings is 1. The maximum Gasteiger partial charge on any atom is 0.247 e. The summed E-state index contributed by atoms with van der Waals surface area (Å²) in [7, 11) is 1.67. The fourth-order valence-electron chi connectivity index (χ4n) is 4.17. The number of pyridine rings is 1. The van der Waals surface area contributed by atoms with Crippen molar-refractivity contribution in [3.8, 4) is 11.5 Å². The maximum atomic E-state index is 12.4. The Morgan fingerprint density at radius 2 is 1.97 bits per heavy atom. The average molecular weight is 392 g/mol. The van der Waals surface area contributed by atoms with E-state index in [1.54, 1.807) is 7.11 Å². The lowest BCUT2D eigenvalue weighted by Crippen LogP contribution is -2.35. The molecule has 1 saturated carbocycles. The van der Waals surface area contributed by atoms with Crippen LogP contribution >= 0.6 is 0 Å². The molecule has 1 saturated heterocycles. The van der Waals surface area contributed by atoms with Crippen LogP contribution in [0.1, 0.15) is 55.0 Å².